The van der Waals surface area contributed by atoms with Gasteiger partial charge in [-0.2, -0.15) is 0 Å². The van der Waals surface area contributed by atoms with Crippen molar-refractivity contribution in [2.24, 2.45) is 5.92 Å². The monoisotopic (exact) mass is 543 g/mol. The molecule has 0 amide bonds. The summed E-state index contributed by atoms with van der Waals surface area (Å²) in [5.74, 6) is -0.803. The normalized spacial score (nSPS) is 13.5. The maximum absolute atomic E-state index is 13.3. The van der Waals surface area contributed by atoms with E-state index in [0.29, 0.717) is 30.3 Å². The minimum absolute atomic E-state index is 0.0216. The van der Waals surface area contributed by atoms with Crippen LogP contribution in [0.4, 0.5) is 0 Å². The summed E-state index contributed by atoms with van der Waals surface area (Å²) in [6, 6.07) is 18.2. The number of aryl methyl sites for hydroxylation is 1. The third-order valence-corrected chi connectivity index (χ3v) is 8.31. The lowest BCUT2D eigenvalue weighted by atomic mass is 10.0. The van der Waals surface area contributed by atoms with Crippen molar-refractivity contribution in [2.45, 2.75) is 62.0 Å². The van der Waals surface area contributed by atoms with Crippen LogP contribution in [0.15, 0.2) is 76.5 Å². The Labute approximate surface area is 224 Å². The number of aromatic carboxylic acids is 1. The summed E-state index contributed by atoms with van der Waals surface area (Å²) in [5, 5.41) is 24.0. The molecule has 0 saturated heterocycles. The maximum Gasteiger partial charge on any atom is 0.337 e. The molecule has 0 aliphatic carbocycles. The van der Waals surface area contributed by atoms with Gasteiger partial charge in [-0.05, 0) is 85.2 Å². The molecule has 198 valence electrons. The number of benzene rings is 3. The standard InChI is InChI=1S/C29H34ClNO5S/c1-19(2)7-8-22-11-14-28(26(16-22)29(33)34)37(35,36)25-12-9-21(10-13-25)15-20(3)31-18-27(32)23-5-4-6-24(30)17-23/h4-6,9-14,16-17,19-20,27,31-32H,7-8,15,18H2,1-3H3,(H,33,34)/t20-,27-/m1/s1. The van der Waals surface area contributed by atoms with E-state index in [1.54, 1.807) is 36.4 Å². The maximum atomic E-state index is 13.3. The molecule has 0 saturated carbocycles. The summed E-state index contributed by atoms with van der Waals surface area (Å²) >= 11 is 5.99. The highest BCUT2D eigenvalue weighted by Gasteiger charge is 2.25. The lowest BCUT2D eigenvalue weighted by Gasteiger charge is -2.18. The molecular formula is C29H34ClNO5S. The minimum atomic E-state index is -4.00. The van der Waals surface area contributed by atoms with Gasteiger partial charge in [0.2, 0.25) is 9.84 Å². The number of aliphatic hydroxyl groups is 1. The van der Waals surface area contributed by atoms with Crippen LogP contribution >= 0.6 is 11.6 Å². The molecule has 0 fully saturated rings. The Bertz CT molecular complexity index is 1320. The molecule has 3 aromatic rings. The van der Waals surface area contributed by atoms with Gasteiger partial charge >= 0.3 is 5.97 Å². The van der Waals surface area contributed by atoms with E-state index in [0.717, 1.165) is 23.1 Å². The summed E-state index contributed by atoms with van der Waals surface area (Å²) in [6.07, 6.45) is 1.50. The SMILES string of the molecule is CC(C)CCc1ccc(S(=O)(=O)c2ccc(C[C@@H](C)NC[C@@H](O)c3cccc(Cl)c3)cc2)c(C(=O)O)c1. The van der Waals surface area contributed by atoms with Gasteiger partial charge in [0.25, 0.3) is 0 Å². The largest absolute Gasteiger partial charge is 0.478 e. The molecule has 0 aliphatic heterocycles. The van der Waals surface area contributed by atoms with Gasteiger partial charge in [0.05, 0.1) is 21.5 Å². The van der Waals surface area contributed by atoms with Gasteiger partial charge in [0.1, 0.15) is 0 Å². The Morgan fingerprint density at radius 2 is 1.65 bits per heavy atom. The molecule has 2 atom stereocenters. The predicted octanol–water partition coefficient (Wildman–Crippen LogP) is 5.71. The molecule has 37 heavy (non-hydrogen) atoms. The van der Waals surface area contributed by atoms with Gasteiger partial charge < -0.3 is 15.5 Å². The molecule has 0 heterocycles. The number of aliphatic hydroxyl groups excluding tert-OH is 1. The quantitative estimate of drug-likeness (QED) is 0.270. The van der Waals surface area contributed by atoms with Crippen molar-refractivity contribution < 1.29 is 23.4 Å². The third-order valence-electron chi connectivity index (χ3n) is 6.24. The molecule has 8 heteroatoms. The highest BCUT2D eigenvalue weighted by atomic mass is 35.5. The molecular weight excluding hydrogens is 510 g/mol. The molecule has 0 radical (unpaired) electrons. The molecule has 0 bridgehead atoms. The van der Waals surface area contributed by atoms with E-state index in [4.69, 9.17) is 11.6 Å². The summed E-state index contributed by atoms with van der Waals surface area (Å²) in [6.45, 7) is 6.50. The number of rotatable bonds is 12. The zero-order chi connectivity index (χ0) is 27.2. The van der Waals surface area contributed by atoms with Crippen LogP contribution in [0.2, 0.25) is 5.02 Å². The second-order valence-electron chi connectivity index (χ2n) is 9.80. The Morgan fingerprint density at radius 3 is 2.27 bits per heavy atom. The first-order valence-electron chi connectivity index (χ1n) is 12.3. The number of nitrogens with one attached hydrogen (secondary N) is 1. The minimum Gasteiger partial charge on any atom is -0.478 e. The van der Waals surface area contributed by atoms with Gasteiger partial charge in [0, 0.05) is 17.6 Å². The van der Waals surface area contributed by atoms with Crippen molar-refractivity contribution in [1.82, 2.24) is 5.32 Å². The first kappa shape index (κ1) is 28.9. The lowest BCUT2D eigenvalue weighted by molar-refractivity contribution is 0.0692. The van der Waals surface area contributed by atoms with Gasteiger partial charge in [-0.15, -0.1) is 0 Å². The Kier molecular flexibility index (Phi) is 9.90. The summed E-state index contributed by atoms with van der Waals surface area (Å²) in [5.41, 5.74) is 2.25. The molecule has 3 aromatic carbocycles. The zero-order valence-electron chi connectivity index (χ0n) is 21.3. The highest BCUT2D eigenvalue weighted by molar-refractivity contribution is 7.91. The fourth-order valence-electron chi connectivity index (χ4n) is 4.09. The van der Waals surface area contributed by atoms with Crippen molar-refractivity contribution >= 4 is 27.4 Å². The van der Waals surface area contributed by atoms with E-state index in [1.807, 2.05) is 13.0 Å². The average molecular weight is 544 g/mol. The van der Waals surface area contributed by atoms with Gasteiger partial charge in [-0.3, -0.25) is 0 Å². The second kappa shape index (κ2) is 12.7. The molecule has 3 rings (SSSR count). The van der Waals surface area contributed by atoms with E-state index in [1.165, 1.54) is 24.3 Å². The Hall–Kier alpha value is -2.71. The Balaban J connectivity index is 1.68. The van der Waals surface area contributed by atoms with Gasteiger partial charge in [-0.25, -0.2) is 13.2 Å². The van der Waals surface area contributed by atoms with Crippen LogP contribution in [0.1, 0.15) is 60.3 Å². The molecule has 0 aromatic heterocycles. The number of sulfone groups is 1. The van der Waals surface area contributed by atoms with Crippen molar-refractivity contribution in [2.75, 3.05) is 6.54 Å². The van der Waals surface area contributed by atoms with E-state index >= 15 is 0 Å². The smallest absolute Gasteiger partial charge is 0.337 e. The first-order valence-corrected chi connectivity index (χ1v) is 14.2. The fraction of sp³-hybridized carbons (Fsp3) is 0.345. The summed E-state index contributed by atoms with van der Waals surface area (Å²) in [4.78, 5) is 11.7. The van der Waals surface area contributed by atoms with Crippen LogP contribution < -0.4 is 5.32 Å². The van der Waals surface area contributed by atoms with Crippen LogP contribution in [0, 0.1) is 5.92 Å². The highest BCUT2D eigenvalue weighted by Crippen LogP contribution is 2.27. The van der Waals surface area contributed by atoms with E-state index in [2.05, 4.69) is 19.2 Å². The molecule has 3 N–H and O–H groups in total. The summed E-state index contributed by atoms with van der Waals surface area (Å²) < 4.78 is 26.6. The van der Waals surface area contributed by atoms with Gasteiger partial charge in [-0.1, -0.05) is 55.8 Å². The number of hydrogen-bond donors (Lipinski definition) is 3. The van der Waals surface area contributed by atoms with Crippen LogP contribution in [-0.2, 0) is 22.7 Å². The first-order chi connectivity index (χ1) is 17.5. The van der Waals surface area contributed by atoms with Crippen molar-refractivity contribution in [3.8, 4) is 0 Å². The fourth-order valence-corrected chi connectivity index (χ4v) is 5.72. The Morgan fingerprint density at radius 1 is 0.973 bits per heavy atom. The third kappa shape index (κ3) is 7.89. The molecule has 0 unspecified atom stereocenters. The van der Waals surface area contributed by atoms with E-state index in [-0.39, 0.29) is 21.4 Å². The van der Waals surface area contributed by atoms with Crippen molar-refractivity contribution in [3.05, 3.63) is 94.0 Å². The van der Waals surface area contributed by atoms with Crippen LogP contribution in [-0.4, -0.2) is 37.2 Å². The van der Waals surface area contributed by atoms with E-state index in [9.17, 15) is 23.4 Å². The molecule has 6 nitrogen and oxygen atoms in total. The average Bonchev–Trinajstić information content (AvgIpc) is 2.86. The molecule has 0 aliphatic rings. The lowest BCUT2D eigenvalue weighted by Crippen LogP contribution is -2.32. The van der Waals surface area contributed by atoms with E-state index < -0.39 is 21.9 Å². The number of carboxylic acid groups (broad SMARTS) is 1. The van der Waals surface area contributed by atoms with Crippen LogP contribution in [0.25, 0.3) is 0 Å². The number of carboxylic acids is 1. The van der Waals surface area contributed by atoms with Crippen molar-refractivity contribution in [1.29, 1.82) is 0 Å². The topological polar surface area (TPSA) is 104 Å². The molecule has 0 spiro atoms. The van der Waals surface area contributed by atoms with Crippen LogP contribution in [0.3, 0.4) is 0 Å². The van der Waals surface area contributed by atoms with Crippen LogP contribution in [0.5, 0.6) is 0 Å². The zero-order valence-corrected chi connectivity index (χ0v) is 22.9. The van der Waals surface area contributed by atoms with Crippen molar-refractivity contribution in [3.63, 3.8) is 0 Å². The second-order valence-corrected chi connectivity index (χ2v) is 12.2. The summed E-state index contributed by atoms with van der Waals surface area (Å²) in [7, 11) is -4.00. The predicted molar refractivity (Wildman–Crippen MR) is 146 cm³/mol. The van der Waals surface area contributed by atoms with Gasteiger partial charge in [0.15, 0.2) is 0 Å². The number of halogens is 1. The number of hydrogen-bond acceptors (Lipinski definition) is 5. The number of carbonyl (C=O) groups is 1.